The highest BCUT2D eigenvalue weighted by molar-refractivity contribution is 7.99. The summed E-state index contributed by atoms with van der Waals surface area (Å²) >= 11 is 1.44. The van der Waals surface area contributed by atoms with E-state index < -0.39 is 0 Å². The van der Waals surface area contributed by atoms with Crippen LogP contribution in [0.5, 0.6) is 0 Å². The number of rotatable bonds is 7. The molecule has 0 saturated heterocycles. The average Bonchev–Trinajstić information content (AvgIpc) is 3.18. The van der Waals surface area contributed by atoms with Crippen molar-refractivity contribution in [3.8, 4) is 0 Å². The Morgan fingerprint density at radius 3 is 2.71 bits per heavy atom. The van der Waals surface area contributed by atoms with Gasteiger partial charge in [0, 0.05) is 11.5 Å². The maximum absolute atomic E-state index is 12.3. The zero-order valence-electron chi connectivity index (χ0n) is 13.1. The number of carbonyl (C=O) groups is 1. The minimum atomic E-state index is 0.0983. The predicted octanol–water partition coefficient (Wildman–Crippen LogP) is 3.77. The molecular formula is C18H17N3O2S. The van der Waals surface area contributed by atoms with Crippen LogP contribution in [0.3, 0.4) is 0 Å². The zero-order valence-corrected chi connectivity index (χ0v) is 13.9. The summed E-state index contributed by atoms with van der Waals surface area (Å²) in [5, 5.41) is 9.43. The Morgan fingerprint density at radius 2 is 2.00 bits per heavy atom. The van der Waals surface area contributed by atoms with Crippen molar-refractivity contribution in [1.29, 1.82) is 0 Å². The Labute approximate surface area is 144 Å². The molecule has 0 amide bonds. The van der Waals surface area contributed by atoms with Gasteiger partial charge in [-0.3, -0.25) is 9.36 Å². The highest BCUT2D eigenvalue weighted by Gasteiger charge is 2.30. The van der Waals surface area contributed by atoms with Crippen molar-refractivity contribution in [3.63, 3.8) is 0 Å². The van der Waals surface area contributed by atoms with Crippen LogP contribution in [0.2, 0.25) is 0 Å². The first-order valence-electron chi connectivity index (χ1n) is 7.98. The van der Waals surface area contributed by atoms with Crippen LogP contribution in [-0.4, -0.2) is 26.3 Å². The van der Waals surface area contributed by atoms with Gasteiger partial charge < -0.3 is 4.42 Å². The van der Waals surface area contributed by atoms with Crippen LogP contribution in [-0.2, 0) is 6.54 Å². The third-order valence-corrected chi connectivity index (χ3v) is 4.98. The molecule has 0 aliphatic heterocycles. The molecule has 0 atom stereocenters. The number of carbonyl (C=O) groups excluding carboxylic acids is 1. The van der Waals surface area contributed by atoms with Crippen molar-refractivity contribution in [2.75, 3.05) is 5.75 Å². The molecule has 2 heterocycles. The first-order chi connectivity index (χ1) is 11.8. The lowest BCUT2D eigenvalue weighted by Gasteiger charge is -2.08. The van der Waals surface area contributed by atoms with Crippen LogP contribution in [0.1, 0.15) is 40.7 Å². The normalized spacial score (nSPS) is 14.0. The Bertz CT molecular complexity index is 823. The van der Waals surface area contributed by atoms with E-state index in [0.29, 0.717) is 18.2 Å². The van der Waals surface area contributed by atoms with E-state index in [1.54, 1.807) is 6.26 Å². The molecule has 0 unspecified atom stereocenters. The maximum atomic E-state index is 12.3. The smallest absolute Gasteiger partial charge is 0.192 e. The van der Waals surface area contributed by atoms with Crippen molar-refractivity contribution in [2.24, 2.45) is 0 Å². The van der Waals surface area contributed by atoms with Gasteiger partial charge in [-0.05, 0) is 25.0 Å². The molecule has 1 aliphatic carbocycles. The molecule has 1 fully saturated rings. The van der Waals surface area contributed by atoms with Gasteiger partial charge in [-0.25, -0.2) is 0 Å². The van der Waals surface area contributed by atoms with Crippen LogP contribution in [0.25, 0.3) is 0 Å². The number of furan rings is 1. The summed E-state index contributed by atoms with van der Waals surface area (Å²) in [6.07, 6.45) is 3.98. The van der Waals surface area contributed by atoms with Gasteiger partial charge in [0.2, 0.25) is 0 Å². The lowest BCUT2D eigenvalue weighted by Crippen LogP contribution is -2.07. The minimum absolute atomic E-state index is 0.0983. The topological polar surface area (TPSA) is 60.9 Å². The van der Waals surface area contributed by atoms with Gasteiger partial charge in [0.05, 0.1) is 18.6 Å². The molecule has 0 radical (unpaired) electrons. The van der Waals surface area contributed by atoms with E-state index in [0.717, 1.165) is 35.1 Å². The molecule has 4 rings (SSSR count). The van der Waals surface area contributed by atoms with Crippen LogP contribution in [0, 0.1) is 0 Å². The third kappa shape index (κ3) is 3.28. The fourth-order valence-corrected chi connectivity index (χ4v) is 3.43. The van der Waals surface area contributed by atoms with Gasteiger partial charge in [-0.1, -0.05) is 42.1 Å². The number of aromatic nitrogens is 3. The Balaban J connectivity index is 1.51. The molecule has 6 heteroatoms. The third-order valence-electron chi connectivity index (χ3n) is 4.01. The number of ketones is 1. The fraction of sp³-hybridized carbons (Fsp3) is 0.278. The molecule has 122 valence electrons. The number of thioether (sulfide) groups is 1. The molecule has 3 aromatic rings. The highest BCUT2D eigenvalue weighted by Crippen LogP contribution is 2.40. The second-order valence-electron chi connectivity index (χ2n) is 5.86. The van der Waals surface area contributed by atoms with E-state index in [1.165, 1.54) is 11.8 Å². The fourth-order valence-electron chi connectivity index (χ4n) is 2.59. The zero-order chi connectivity index (χ0) is 16.4. The molecule has 1 aliphatic rings. The standard InChI is InChI=1S/C18H17N3O2S/c22-16(13-5-2-1-3-6-13)12-24-18-20-19-17(14-8-9-14)21(18)11-15-7-4-10-23-15/h1-7,10,14H,8-9,11-12H2. The molecule has 0 bridgehead atoms. The van der Waals surface area contributed by atoms with E-state index in [4.69, 9.17) is 4.42 Å². The van der Waals surface area contributed by atoms with Crippen molar-refractivity contribution in [1.82, 2.24) is 14.8 Å². The molecule has 1 aromatic carbocycles. The number of benzene rings is 1. The quantitative estimate of drug-likeness (QED) is 0.484. The average molecular weight is 339 g/mol. The van der Waals surface area contributed by atoms with E-state index in [2.05, 4.69) is 14.8 Å². The van der Waals surface area contributed by atoms with E-state index in [9.17, 15) is 4.79 Å². The summed E-state index contributed by atoms with van der Waals surface area (Å²) in [5.41, 5.74) is 0.726. The monoisotopic (exact) mass is 339 g/mol. The summed E-state index contributed by atoms with van der Waals surface area (Å²) < 4.78 is 7.54. The summed E-state index contributed by atoms with van der Waals surface area (Å²) in [6.45, 7) is 0.605. The number of Topliss-reactive ketones (excluding diaryl/α,β-unsaturated/α-hetero) is 1. The molecule has 5 nitrogen and oxygen atoms in total. The van der Waals surface area contributed by atoms with Crippen molar-refractivity contribution < 1.29 is 9.21 Å². The second kappa shape index (κ2) is 6.65. The number of hydrogen-bond acceptors (Lipinski definition) is 5. The van der Waals surface area contributed by atoms with Gasteiger partial charge in [0.15, 0.2) is 10.9 Å². The van der Waals surface area contributed by atoms with Gasteiger partial charge in [0.1, 0.15) is 11.6 Å². The van der Waals surface area contributed by atoms with Gasteiger partial charge in [-0.15, -0.1) is 10.2 Å². The largest absolute Gasteiger partial charge is 0.467 e. The van der Waals surface area contributed by atoms with Crippen LogP contribution < -0.4 is 0 Å². The van der Waals surface area contributed by atoms with Crippen molar-refractivity contribution in [2.45, 2.75) is 30.5 Å². The van der Waals surface area contributed by atoms with E-state index >= 15 is 0 Å². The van der Waals surface area contributed by atoms with Crippen LogP contribution >= 0.6 is 11.8 Å². The second-order valence-corrected chi connectivity index (χ2v) is 6.80. The molecule has 0 N–H and O–H groups in total. The van der Waals surface area contributed by atoms with Gasteiger partial charge in [0.25, 0.3) is 0 Å². The molecule has 0 spiro atoms. The minimum Gasteiger partial charge on any atom is -0.467 e. The van der Waals surface area contributed by atoms with Gasteiger partial charge >= 0.3 is 0 Å². The van der Waals surface area contributed by atoms with Gasteiger partial charge in [-0.2, -0.15) is 0 Å². The first-order valence-corrected chi connectivity index (χ1v) is 8.96. The number of hydrogen-bond donors (Lipinski definition) is 0. The highest BCUT2D eigenvalue weighted by atomic mass is 32.2. The SMILES string of the molecule is O=C(CSc1nnc(C2CC2)n1Cc1ccco1)c1ccccc1. The lowest BCUT2D eigenvalue weighted by molar-refractivity contribution is 0.102. The Hall–Kier alpha value is -2.34. The number of nitrogens with zero attached hydrogens (tertiary/aromatic N) is 3. The molecule has 1 saturated carbocycles. The van der Waals surface area contributed by atoms with Crippen molar-refractivity contribution >= 4 is 17.5 Å². The summed E-state index contributed by atoms with van der Waals surface area (Å²) in [6, 6.07) is 13.2. The Morgan fingerprint density at radius 1 is 1.17 bits per heavy atom. The van der Waals surface area contributed by atoms with Crippen LogP contribution in [0.4, 0.5) is 0 Å². The van der Waals surface area contributed by atoms with E-state index in [-0.39, 0.29) is 5.78 Å². The molecular weight excluding hydrogens is 322 g/mol. The van der Waals surface area contributed by atoms with Crippen molar-refractivity contribution in [3.05, 3.63) is 65.9 Å². The molecule has 2 aromatic heterocycles. The summed E-state index contributed by atoms with van der Waals surface area (Å²) in [7, 11) is 0. The van der Waals surface area contributed by atoms with Crippen LogP contribution in [0.15, 0.2) is 58.3 Å². The maximum Gasteiger partial charge on any atom is 0.192 e. The summed E-state index contributed by atoms with van der Waals surface area (Å²) in [4.78, 5) is 12.3. The lowest BCUT2D eigenvalue weighted by atomic mass is 10.2. The predicted molar refractivity (Wildman–Crippen MR) is 91.3 cm³/mol. The summed E-state index contributed by atoms with van der Waals surface area (Å²) in [5.74, 6) is 2.81. The Kier molecular flexibility index (Phi) is 4.21. The first kappa shape index (κ1) is 15.2. The van der Waals surface area contributed by atoms with E-state index in [1.807, 2.05) is 42.5 Å². The molecule has 24 heavy (non-hydrogen) atoms.